The Morgan fingerprint density at radius 2 is 1.88 bits per heavy atom. The first-order chi connectivity index (χ1) is 7.48. The molecule has 0 amide bonds. The predicted molar refractivity (Wildman–Crippen MR) is 55.2 cm³/mol. The zero-order valence-corrected chi connectivity index (χ0v) is 9.14. The van der Waals surface area contributed by atoms with Gasteiger partial charge in [0, 0.05) is 12.1 Å². The van der Waals surface area contributed by atoms with Gasteiger partial charge in [-0.2, -0.15) is 13.2 Å². The van der Waals surface area contributed by atoms with Crippen LogP contribution in [-0.2, 0) is 6.18 Å². The highest BCUT2D eigenvalue weighted by Crippen LogP contribution is 2.40. The van der Waals surface area contributed by atoms with Crippen molar-refractivity contribution in [3.63, 3.8) is 0 Å². The monoisotopic (exact) mass is 229 g/mol. The summed E-state index contributed by atoms with van der Waals surface area (Å²) in [5.74, 6) is -0.00257. The molecule has 1 saturated carbocycles. The Balaban J connectivity index is 2.43. The van der Waals surface area contributed by atoms with Crippen molar-refractivity contribution in [3.05, 3.63) is 29.1 Å². The van der Waals surface area contributed by atoms with E-state index in [2.05, 4.69) is 4.98 Å². The molecule has 4 heteroatoms. The van der Waals surface area contributed by atoms with Crippen LogP contribution in [-0.4, -0.2) is 4.98 Å². The highest BCUT2D eigenvalue weighted by Gasteiger charge is 2.36. The zero-order chi connectivity index (χ0) is 11.8. The highest BCUT2D eigenvalue weighted by molar-refractivity contribution is 5.30. The lowest BCUT2D eigenvalue weighted by atomic mass is 9.97. The molecule has 0 aliphatic heterocycles. The van der Waals surface area contributed by atoms with Gasteiger partial charge in [0.2, 0.25) is 0 Å². The third-order valence-corrected chi connectivity index (χ3v) is 3.10. The van der Waals surface area contributed by atoms with Gasteiger partial charge in [-0.25, -0.2) is 0 Å². The number of rotatable bonds is 1. The minimum absolute atomic E-state index is 0.00257. The number of aryl methyl sites for hydroxylation is 1. The van der Waals surface area contributed by atoms with Crippen molar-refractivity contribution in [1.29, 1.82) is 0 Å². The van der Waals surface area contributed by atoms with E-state index in [0.717, 1.165) is 25.7 Å². The van der Waals surface area contributed by atoms with E-state index in [4.69, 9.17) is 0 Å². The first kappa shape index (κ1) is 11.4. The third-order valence-electron chi connectivity index (χ3n) is 3.10. The van der Waals surface area contributed by atoms with Crippen LogP contribution in [0.2, 0.25) is 0 Å². The van der Waals surface area contributed by atoms with E-state index in [0.29, 0.717) is 5.56 Å². The molecule has 1 aromatic heterocycles. The molecule has 0 radical (unpaired) electrons. The molecular weight excluding hydrogens is 215 g/mol. The maximum atomic E-state index is 12.8. The van der Waals surface area contributed by atoms with Gasteiger partial charge in [-0.3, -0.25) is 4.98 Å². The van der Waals surface area contributed by atoms with Gasteiger partial charge in [-0.1, -0.05) is 12.8 Å². The number of hydrogen-bond donors (Lipinski definition) is 0. The van der Waals surface area contributed by atoms with Crippen LogP contribution in [0.25, 0.3) is 0 Å². The van der Waals surface area contributed by atoms with E-state index < -0.39 is 11.7 Å². The van der Waals surface area contributed by atoms with E-state index >= 15 is 0 Å². The molecule has 0 spiro atoms. The fraction of sp³-hybridized carbons (Fsp3) is 0.583. The largest absolute Gasteiger partial charge is 0.418 e. The van der Waals surface area contributed by atoms with Crippen LogP contribution in [0.4, 0.5) is 13.2 Å². The lowest BCUT2D eigenvalue weighted by Crippen LogP contribution is -2.13. The minimum atomic E-state index is -4.28. The molecule has 0 atom stereocenters. The predicted octanol–water partition coefficient (Wildman–Crippen LogP) is 4.07. The quantitative estimate of drug-likeness (QED) is 0.707. The van der Waals surface area contributed by atoms with Gasteiger partial charge in [0.1, 0.15) is 0 Å². The van der Waals surface area contributed by atoms with Gasteiger partial charge in [0.25, 0.3) is 0 Å². The Labute approximate surface area is 92.7 Å². The number of nitrogens with zero attached hydrogens (tertiary/aromatic N) is 1. The smallest absolute Gasteiger partial charge is 0.260 e. The highest BCUT2D eigenvalue weighted by atomic mass is 19.4. The molecule has 2 rings (SSSR count). The molecule has 1 heterocycles. The van der Waals surface area contributed by atoms with E-state index in [9.17, 15) is 13.2 Å². The summed E-state index contributed by atoms with van der Waals surface area (Å²) in [5.41, 5.74) is 0.268. The van der Waals surface area contributed by atoms with Crippen LogP contribution in [0.3, 0.4) is 0 Å². The van der Waals surface area contributed by atoms with Gasteiger partial charge < -0.3 is 0 Å². The molecule has 1 nitrogen and oxygen atoms in total. The molecule has 1 fully saturated rings. The fourth-order valence-electron chi connectivity index (χ4n) is 2.33. The van der Waals surface area contributed by atoms with Gasteiger partial charge >= 0.3 is 6.18 Å². The molecule has 88 valence electrons. The van der Waals surface area contributed by atoms with Gasteiger partial charge in [-0.05, 0) is 31.4 Å². The molecule has 1 aromatic rings. The zero-order valence-electron chi connectivity index (χ0n) is 9.14. The molecule has 1 aliphatic rings. The lowest BCUT2D eigenvalue weighted by molar-refractivity contribution is -0.138. The van der Waals surface area contributed by atoms with Crippen LogP contribution in [0.15, 0.2) is 12.3 Å². The summed E-state index contributed by atoms with van der Waals surface area (Å²) >= 11 is 0. The first-order valence-electron chi connectivity index (χ1n) is 5.52. The molecule has 0 aromatic carbocycles. The summed E-state index contributed by atoms with van der Waals surface area (Å²) in [6.45, 7) is 1.64. The number of aromatic nitrogens is 1. The normalized spacial score (nSPS) is 18.0. The SMILES string of the molecule is Cc1cnc(C2CCCC2)c(C(F)(F)F)c1. The van der Waals surface area contributed by atoms with E-state index in [-0.39, 0.29) is 11.6 Å². The molecule has 0 unspecified atom stereocenters. The average molecular weight is 229 g/mol. The summed E-state index contributed by atoms with van der Waals surface area (Å²) in [6.07, 6.45) is 0.938. The van der Waals surface area contributed by atoms with Gasteiger partial charge in [-0.15, -0.1) is 0 Å². The first-order valence-corrected chi connectivity index (χ1v) is 5.52. The average Bonchev–Trinajstić information content (AvgIpc) is 2.69. The van der Waals surface area contributed by atoms with Crippen LogP contribution in [0, 0.1) is 6.92 Å². The van der Waals surface area contributed by atoms with Crippen LogP contribution >= 0.6 is 0 Å². The fourth-order valence-corrected chi connectivity index (χ4v) is 2.33. The van der Waals surface area contributed by atoms with Crippen LogP contribution in [0.5, 0.6) is 0 Å². The Morgan fingerprint density at radius 3 is 2.44 bits per heavy atom. The molecular formula is C12H14F3N. The Bertz CT molecular complexity index is 378. The standard InChI is InChI=1S/C12H14F3N/c1-8-6-10(12(13,14)15)11(16-7-8)9-4-2-3-5-9/h6-7,9H,2-5H2,1H3. The van der Waals surface area contributed by atoms with E-state index in [1.165, 1.54) is 12.3 Å². The Kier molecular flexibility index (Phi) is 2.91. The van der Waals surface area contributed by atoms with E-state index in [1.807, 2.05) is 0 Å². The molecule has 1 aliphatic carbocycles. The lowest BCUT2D eigenvalue weighted by Gasteiger charge is -2.16. The Hall–Kier alpha value is -1.06. The summed E-state index contributed by atoms with van der Waals surface area (Å²) in [4.78, 5) is 4.01. The van der Waals surface area contributed by atoms with Crippen LogP contribution < -0.4 is 0 Å². The van der Waals surface area contributed by atoms with Crippen molar-refractivity contribution in [3.8, 4) is 0 Å². The maximum Gasteiger partial charge on any atom is 0.418 e. The second-order valence-electron chi connectivity index (χ2n) is 4.42. The van der Waals surface area contributed by atoms with Gasteiger partial charge in [0.05, 0.1) is 11.3 Å². The molecule has 0 bridgehead atoms. The number of halogens is 3. The third kappa shape index (κ3) is 2.20. The van der Waals surface area contributed by atoms with Crippen molar-refractivity contribution in [1.82, 2.24) is 4.98 Å². The maximum absolute atomic E-state index is 12.8. The van der Waals surface area contributed by atoms with E-state index in [1.54, 1.807) is 6.92 Å². The van der Waals surface area contributed by atoms with Crippen LogP contribution in [0.1, 0.15) is 48.4 Å². The van der Waals surface area contributed by atoms with Crippen molar-refractivity contribution in [2.24, 2.45) is 0 Å². The van der Waals surface area contributed by atoms with Crippen molar-refractivity contribution in [2.75, 3.05) is 0 Å². The summed E-state index contributed by atoms with van der Waals surface area (Å²) in [5, 5.41) is 0. The topological polar surface area (TPSA) is 12.9 Å². The van der Waals surface area contributed by atoms with Crippen molar-refractivity contribution in [2.45, 2.75) is 44.7 Å². The summed E-state index contributed by atoms with van der Waals surface area (Å²) in [7, 11) is 0. The van der Waals surface area contributed by atoms with Crippen molar-refractivity contribution < 1.29 is 13.2 Å². The number of pyridine rings is 1. The second kappa shape index (κ2) is 4.07. The number of hydrogen-bond acceptors (Lipinski definition) is 1. The van der Waals surface area contributed by atoms with Crippen molar-refractivity contribution >= 4 is 0 Å². The molecule has 16 heavy (non-hydrogen) atoms. The Morgan fingerprint density at radius 1 is 1.25 bits per heavy atom. The second-order valence-corrected chi connectivity index (χ2v) is 4.42. The summed E-state index contributed by atoms with van der Waals surface area (Å²) in [6, 6.07) is 1.21. The summed E-state index contributed by atoms with van der Waals surface area (Å²) < 4.78 is 38.5. The molecule has 0 saturated heterocycles. The number of alkyl halides is 3. The molecule has 0 N–H and O–H groups in total. The minimum Gasteiger partial charge on any atom is -0.260 e. The van der Waals surface area contributed by atoms with Gasteiger partial charge in [0.15, 0.2) is 0 Å².